The van der Waals surface area contributed by atoms with Gasteiger partial charge in [-0.2, -0.15) is 0 Å². The van der Waals surface area contributed by atoms with E-state index in [-0.39, 0.29) is 5.54 Å². The summed E-state index contributed by atoms with van der Waals surface area (Å²) < 4.78 is 17.7. The van der Waals surface area contributed by atoms with Crippen LogP contribution < -0.4 is 31.2 Å². The highest BCUT2D eigenvalue weighted by Gasteiger charge is 2.31. The van der Waals surface area contributed by atoms with Crippen LogP contribution in [0.1, 0.15) is 97.7 Å². The summed E-state index contributed by atoms with van der Waals surface area (Å²) in [5.41, 5.74) is 12.4. The quantitative estimate of drug-likeness (QED) is 0.0678. The molecule has 0 fully saturated rings. The van der Waals surface area contributed by atoms with Crippen molar-refractivity contribution in [3.05, 3.63) is 94.2 Å². The number of anilines is 4. The number of benzene rings is 2. The summed E-state index contributed by atoms with van der Waals surface area (Å²) >= 11 is 3.05. The Labute approximate surface area is 392 Å². The molecular weight excluding hydrogens is 857 g/mol. The number of hydrogen-bond acceptors (Lipinski definition) is 15. The topological polar surface area (TPSA) is 184 Å². The van der Waals surface area contributed by atoms with Crippen LogP contribution >= 0.6 is 22.7 Å². The van der Waals surface area contributed by atoms with E-state index in [1.165, 1.54) is 22.7 Å². The van der Waals surface area contributed by atoms with Crippen LogP contribution in [0, 0.1) is 39.5 Å². The van der Waals surface area contributed by atoms with Crippen molar-refractivity contribution in [1.82, 2.24) is 35.2 Å². The Kier molecular flexibility index (Phi) is 17.0. The van der Waals surface area contributed by atoms with Gasteiger partial charge in [-0.05, 0) is 147 Å². The third-order valence-electron chi connectivity index (χ3n) is 9.57. The second-order valence-corrected chi connectivity index (χ2v) is 20.7. The highest BCUT2D eigenvalue weighted by molar-refractivity contribution is 7.14. The normalized spacial score (nSPS) is 13.3. The molecule has 2 aromatic carbocycles. The van der Waals surface area contributed by atoms with Gasteiger partial charge in [0.1, 0.15) is 30.3 Å². The molecule has 4 aromatic heterocycles. The molecule has 65 heavy (non-hydrogen) atoms. The molecule has 14 nitrogen and oxygen atoms in total. The maximum absolute atomic E-state index is 12.5. The summed E-state index contributed by atoms with van der Waals surface area (Å²) in [6, 6.07) is 15.8. The number of hydrogen-bond donors (Lipinski definition) is 4. The largest absolute Gasteiger partial charge is 0.491 e. The Morgan fingerprint density at radius 2 is 1.12 bits per heavy atom. The minimum atomic E-state index is -0.580. The van der Waals surface area contributed by atoms with Gasteiger partial charge in [0, 0.05) is 39.8 Å². The van der Waals surface area contributed by atoms with Gasteiger partial charge in [0.05, 0.1) is 28.3 Å². The van der Waals surface area contributed by atoms with Crippen molar-refractivity contribution in [2.45, 2.75) is 120 Å². The fourth-order valence-electron chi connectivity index (χ4n) is 7.18. The molecule has 5 N–H and O–H groups in total. The van der Waals surface area contributed by atoms with E-state index in [0.29, 0.717) is 36.9 Å². The first-order chi connectivity index (χ1) is 30.5. The summed E-state index contributed by atoms with van der Waals surface area (Å²) in [7, 11) is 0. The summed E-state index contributed by atoms with van der Waals surface area (Å²) in [6.07, 6.45) is 4.70. The van der Waals surface area contributed by atoms with Crippen LogP contribution in [0.4, 0.5) is 27.0 Å². The van der Waals surface area contributed by atoms with Gasteiger partial charge in [0.15, 0.2) is 10.3 Å². The summed E-state index contributed by atoms with van der Waals surface area (Å²) in [5, 5.41) is 14.8. The van der Waals surface area contributed by atoms with Gasteiger partial charge in [-0.1, -0.05) is 27.7 Å². The van der Waals surface area contributed by atoms with Gasteiger partial charge >= 0.3 is 6.09 Å². The lowest BCUT2D eigenvalue weighted by atomic mass is 9.91. The minimum Gasteiger partial charge on any atom is -0.491 e. The van der Waals surface area contributed by atoms with E-state index in [9.17, 15) is 4.79 Å². The Bertz CT molecular complexity index is 2500. The van der Waals surface area contributed by atoms with Crippen molar-refractivity contribution >= 4 is 50.9 Å². The fraction of sp³-hybridized carbons (Fsp3) is 0.449. The zero-order valence-electron chi connectivity index (χ0n) is 40.1. The van der Waals surface area contributed by atoms with Gasteiger partial charge in [0.2, 0.25) is 11.9 Å². The SMILES string of the molecule is Cc1csc(Nc2nccc(-c3ccc(OC[C@@](C)(N)CC(C)C)c(C)c3)n2)n1.Cc1csc(Nc2nccc(-c3ccc(OC[C@](C)(CC(C)C)NC(=O)OC(C)(C)C)c(C)c3)n2)n1. The standard InChI is InChI=1S/C27H37N5O3S.C22H29N5OS/c1-17(2)14-27(8,32-25(33)35-26(5,6)7)16-34-22-10-9-20(13-18(22)3)21-11-12-28-23(30-21)31-24-29-19(4)15-36-24;1-14(2)11-22(5,23)13-28-19-7-6-17(10-15(19)3)18-8-9-24-20(26-18)27-21-25-16(4)12-29-21/h9-13,15,17H,14,16H2,1-8H3,(H,32,33)(H,28,29,30,31);6-10,12,14H,11,13,23H2,1-5H3,(H,24,25,26,27)/t27-;22-/m00/s1. The van der Waals surface area contributed by atoms with Crippen molar-refractivity contribution in [1.29, 1.82) is 0 Å². The third-order valence-corrected chi connectivity index (χ3v) is 11.3. The lowest BCUT2D eigenvalue weighted by Crippen LogP contribution is -2.52. The van der Waals surface area contributed by atoms with E-state index in [0.717, 1.165) is 79.6 Å². The lowest BCUT2D eigenvalue weighted by molar-refractivity contribution is 0.0407. The molecule has 0 saturated heterocycles. The summed E-state index contributed by atoms with van der Waals surface area (Å²) in [6.45, 7) is 26.9. The predicted molar refractivity (Wildman–Crippen MR) is 265 cm³/mol. The number of ether oxygens (including phenoxy) is 3. The number of thiazole rings is 2. The molecule has 0 aliphatic rings. The molecular formula is C49H66N10O4S2. The molecule has 0 aliphatic carbocycles. The summed E-state index contributed by atoms with van der Waals surface area (Å²) in [5.74, 6) is 3.53. The Morgan fingerprint density at radius 1 is 0.662 bits per heavy atom. The Morgan fingerprint density at radius 3 is 1.52 bits per heavy atom. The predicted octanol–water partition coefficient (Wildman–Crippen LogP) is 11.8. The second-order valence-electron chi connectivity index (χ2n) is 18.9. The molecule has 6 rings (SSSR count). The molecule has 2 atom stereocenters. The van der Waals surface area contributed by atoms with Crippen LogP contribution in [0.5, 0.6) is 11.5 Å². The van der Waals surface area contributed by atoms with Crippen LogP contribution in [0.25, 0.3) is 22.5 Å². The number of nitrogens with zero attached hydrogens (tertiary/aromatic N) is 6. The number of alkyl carbamates (subject to hydrolysis) is 1. The first-order valence-corrected chi connectivity index (χ1v) is 23.6. The molecule has 0 saturated carbocycles. The molecule has 16 heteroatoms. The van der Waals surface area contributed by atoms with Gasteiger partial charge in [-0.25, -0.2) is 34.7 Å². The Balaban J connectivity index is 0.000000250. The van der Waals surface area contributed by atoms with E-state index in [1.54, 1.807) is 12.4 Å². The average Bonchev–Trinajstić information content (AvgIpc) is 3.81. The van der Waals surface area contributed by atoms with Crippen LogP contribution in [0.3, 0.4) is 0 Å². The highest BCUT2D eigenvalue weighted by Crippen LogP contribution is 2.30. The summed E-state index contributed by atoms with van der Waals surface area (Å²) in [4.78, 5) is 39.1. The smallest absolute Gasteiger partial charge is 0.408 e. The molecule has 0 bridgehead atoms. The molecule has 0 aliphatic heterocycles. The van der Waals surface area contributed by atoms with Crippen molar-refractivity contribution < 1.29 is 19.0 Å². The van der Waals surface area contributed by atoms with Crippen LogP contribution in [-0.2, 0) is 4.74 Å². The maximum atomic E-state index is 12.5. The van der Waals surface area contributed by atoms with Crippen LogP contribution in [0.15, 0.2) is 71.7 Å². The molecule has 0 spiro atoms. The van der Waals surface area contributed by atoms with Gasteiger partial charge in [0.25, 0.3) is 0 Å². The van der Waals surface area contributed by atoms with Crippen molar-refractivity contribution in [3.8, 4) is 34.0 Å². The minimum absolute atomic E-state index is 0.319. The van der Waals surface area contributed by atoms with Crippen LogP contribution in [0.2, 0.25) is 0 Å². The first kappa shape index (κ1) is 50.3. The van der Waals surface area contributed by atoms with Gasteiger partial charge < -0.3 is 35.9 Å². The van der Waals surface area contributed by atoms with E-state index < -0.39 is 17.2 Å². The number of nitrogens with one attached hydrogen (secondary N) is 3. The van der Waals surface area contributed by atoms with Crippen LogP contribution in [-0.4, -0.2) is 65.9 Å². The second kappa shape index (κ2) is 22.0. The highest BCUT2D eigenvalue weighted by atomic mass is 32.1. The number of rotatable bonds is 17. The monoisotopic (exact) mass is 922 g/mol. The van der Waals surface area contributed by atoms with Gasteiger partial charge in [-0.3, -0.25) is 0 Å². The van der Waals surface area contributed by atoms with E-state index in [1.807, 2.05) is 116 Å². The lowest BCUT2D eigenvalue weighted by Gasteiger charge is -2.33. The number of aryl methyl sites for hydroxylation is 4. The Hall–Kier alpha value is -5.71. The zero-order valence-corrected chi connectivity index (χ0v) is 41.8. The van der Waals surface area contributed by atoms with Gasteiger partial charge in [-0.15, -0.1) is 22.7 Å². The maximum Gasteiger partial charge on any atom is 0.408 e. The van der Waals surface area contributed by atoms with E-state index in [4.69, 9.17) is 19.9 Å². The van der Waals surface area contributed by atoms with Crippen molar-refractivity contribution in [2.75, 3.05) is 23.8 Å². The molecule has 4 heterocycles. The molecule has 0 unspecified atom stereocenters. The average molecular weight is 923 g/mol. The number of amides is 1. The first-order valence-electron chi connectivity index (χ1n) is 21.9. The zero-order chi connectivity index (χ0) is 47.5. The molecule has 6 aromatic rings. The number of nitrogens with two attached hydrogens (primary N) is 1. The third kappa shape index (κ3) is 16.3. The number of carbonyl (C=O) groups is 1. The molecule has 348 valence electrons. The van der Waals surface area contributed by atoms with Crippen molar-refractivity contribution in [2.24, 2.45) is 17.6 Å². The number of aromatic nitrogens is 6. The van der Waals surface area contributed by atoms with E-state index in [2.05, 4.69) is 79.6 Å². The van der Waals surface area contributed by atoms with Crippen molar-refractivity contribution in [3.63, 3.8) is 0 Å². The van der Waals surface area contributed by atoms with E-state index >= 15 is 0 Å². The fourth-order valence-corrected chi connectivity index (χ4v) is 8.55. The molecule has 0 radical (unpaired) electrons. The molecule has 1 amide bonds. The number of carbonyl (C=O) groups excluding carboxylic acids is 1.